The third kappa shape index (κ3) is 2.86. The van der Waals surface area contributed by atoms with Crippen LogP contribution >= 0.6 is 11.3 Å². The second kappa shape index (κ2) is 5.56. The summed E-state index contributed by atoms with van der Waals surface area (Å²) in [6, 6.07) is -0.461. The van der Waals surface area contributed by atoms with Crippen molar-refractivity contribution in [3.8, 4) is 0 Å². The molecule has 1 N–H and O–H groups in total. The van der Waals surface area contributed by atoms with Crippen molar-refractivity contribution in [3.05, 3.63) is 10.6 Å². The van der Waals surface area contributed by atoms with Gasteiger partial charge in [-0.05, 0) is 26.7 Å². The molecule has 1 aliphatic heterocycles. The van der Waals surface area contributed by atoms with Crippen molar-refractivity contribution >= 4 is 28.5 Å². The number of hydrogen-bond donors (Lipinski definition) is 1. The van der Waals surface area contributed by atoms with Gasteiger partial charge in [0.25, 0.3) is 0 Å². The fourth-order valence-electron chi connectivity index (χ4n) is 2.09. The van der Waals surface area contributed by atoms with Crippen LogP contribution in [0.15, 0.2) is 0 Å². The van der Waals surface area contributed by atoms with Gasteiger partial charge in [-0.15, -0.1) is 11.3 Å². The number of carbonyl (C=O) groups is 2. The number of hydrogen-bond acceptors (Lipinski definition) is 5. The molecule has 1 aromatic heterocycles. The Morgan fingerprint density at radius 1 is 1.47 bits per heavy atom. The number of nitrogens with zero attached hydrogens (tertiary/aromatic N) is 2. The summed E-state index contributed by atoms with van der Waals surface area (Å²) in [5.74, 6) is -0.198. The standard InChI is InChI=1S/C12H17N3O3S/c1-7-8(2)19-11(13-7)14-10(16)9-5-4-6-15(9)12(17)18-3/h9H,4-6H2,1-3H3,(H,13,14,16). The largest absolute Gasteiger partial charge is 0.453 e. The third-order valence-electron chi connectivity index (χ3n) is 3.22. The number of amides is 2. The number of methoxy groups -OCH3 is 1. The van der Waals surface area contributed by atoms with Crippen LogP contribution in [0.3, 0.4) is 0 Å². The van der Waals surface area contributed by atoms with E-state index in [2.05, 4.69) is 15.0 Å². The SMILES string of the molecule is COC(=O)N1CCCC1C(=O)Nc1nc(C)c(C)s1. The van der Waals surface area contributed by atoms with E-state index in [4.69, 9.17) is 0 Å². The van der Waals surface area contributed by atoms with E-state index in [1.807, 2.05) is 13.8 Å². The first-order chi connectivity index (χ1) is 9.02. The lowest BCUT2D eigenvalue weighted by atomic mass is 10.2. The van der Waals surface area contributed by atoms with Crippen LogP contribution in [0.5, 0.6) is 0 Å². The molecule has 0 aliphatic carbocycles. The van der Waals surface area contributed by atoms with Crippen LogP contribution in [0.4, 0.5) is 9.93 Å². The van der Waals surface area contributed by atoms with Crippen LogP contribution < -0.4 is 5.32 Å². The molecule has 0 spiro atoms. The molecule has 104 valence electrons. The zero-order valence-electron chi connectivity index (χ0n) is 11.2. The van der Waals surface area contributed by atoms with Crippen molar-refractivity contribution in [1.29, 1.82) is 0 Å². The fourth-order valence-corrected chi connectivity index (χ4v) is 2.91. The Labute approximate surface area is 115 Å². The molecule has 1 aromatic rings. The van der Waals surface area contributed by atoms with Gasteiger partial charge in [0.15, 0.2) is 5.13 Å². The number of rotatable bonds is 2. The Bertz CT molecular complexity index is 481. The molecule has 1 fully saturated rings. The molecule has 7 heteroatoms. The minimum atomic E-state index is -0.461. The Balaban J connectivity index is 2.05. The van der Waals surface area contributed by atoms with E-state index in [1.54, 1.807) is 0 Å². The van der Waals surface area contributed by atoms with Crippen molar-refractivity contribution in [2.24, 2.45) is 0 Å². The van der Waals surface area contributed by atoms with E-state index in [-0.39, 0.29) is 5.91 Å². The van der Waals surface area contributed by atoms with Crippen LogP contribution in [0.25, 0.3) is 0 Å². The molecule has 6 nitrogen and oxygen atoms in total. The van der Waals surface area contributed by atoms with Crippen molar-refractivity contribution in [1.82, 2.24) is 9.88 Å². The molecular formula is C12H17N3O3S. The fraction of sp³-hybridized carbons (Fsp3) is 0.583. The van der Waals surface area contributed by atoms with Gasteiger partial charge < -0.3 is 10.1 Å². The summed E-state index contributed by atoms with van der Waals surface area (Å²) < 4.78 is 4.68. The molecule has 0 saturated carbocycles. The Morgan fingerprint density at radius 3 is 2.79 bits per heavy atom. The van der Waals surface area contributed by atoms with E-state index in [1.165, 1.54) is 23.3 Å². The molecule has 1 saturated heterocycles. The van der Waals surface area contributed by atoms with Gasteiger partial charge in [0.05, 0.1) is 12.8 Å². The Kier molecular flexibility index (Phi) is 4.04. The number of aromatic nitrogens is 1. The molecule has 0 radical (unpaired) electrons. The molecule has 1 atom stereocenters. The van der Waals surface area contributed by atoms with Crippen LogP contribution in [-0.2, 0) is 9.53 Å². The number of ether oxygens (including phenoxy) is 1. The van der Waals surface area contributed by atoms with Gasteiger partial charge in [0.2, 0.25) is 5.91 Å². The van der Waals surface area contributed by atoms with Gasteiger partial charge in [-0.25, -0.2) is 9.78 Å². The number of anilines is 1. The first-order valence-electron chi connectivity index (χ1n) is 6.12. The lowest BCUT2D eigenvalue weighted by molar-refractivity contribution is -0.119. The molecule has 2 rings (SSSR count). The average molecular weight is 283 g/mol. The zero-order chi connectivity index (χ0) is 14.0. The van der Waals surface area contributed by atoms with E-state index in [9.17, 15) is 9.59 Å². The highest BCUT2D eigenvalue weighted by atomic mass is 32.1. The van der Waals surface area contributed by atoms with Gasteiger partial charge >= 0.3 is 6.09 Å². The molecule has 2 amide bonds. The number of aryl methyl sites for hydroxylation is 2. The summed E-state index contributed by atoms with van der Waals surface area (Å²) in [7, 11) is 1.32. The molecule has 0 aromatic carbocycles. The molecule has 0 bridgehead atoms. The van der Waals surface area contributed by atoms with E-state index >= 15 is 0 Å². The summed E-state index contributed by atoms with van der Waals surface area (Å²) >= 11 is 1.44. The summed E-state index contributed by atoms with van der Waals surface area (Å²) in [5.41, 5.74) is 0.913. The lowest BCUT2D eigenvalue weighted by Crippen LogP contribution is -2.43. The number of thiazole rings is 1. The normalized spacial score (nSPS) is 18.5. The zero-order valence-corrected chi connectivity index (χ0v) is 12.0. The highest BCUT2D eigenvalue weighted by Gasteiger charge is 2.35. The number of carbonyl (C=O) groups excluding carboxylic acids is 2. The summed E-state index contributed by atoms with van der Waals surface area (Å²) in [4.78, 5) is 30.5. The van der Waals surface area contributed by atoms with Crippen molar-refractivity contribution < 1.29 is 14.3 Å². The van der Waals surface area contributed by atoms with Crippen LogP contribution in [0.2, 0.25) is 0 Å². The predicted molar refractivity (Wildman–Crippen MR) is 72.4 cm³/mol. The minimum absolute atomic E-state index is 0.198. The monoisotopic (exact) mass is 283 g/mol. The number of likely N-dealkylation sites (tertiary alicyclic amines) is 1. The average Bonchev–Trinajstić information content (AvgIpc) is 2.96. The third-order valence-corrected chi connectivity index (χ3v) is 4.21. The smallest absolute Gasteiger partial charge is 0.410 e. The van der Waals surface area contributed by atoms with Crippen molar-refractivity contribution in [2.45, 2.75) is 32.7 Å². The molecule has 19 heavy (non-hydrogen) atoms. The van der Waals surface area contributed by atoms with Crippen LogP contribution in [0, 0.1) is 13.8 Å². The number of nitrogens with one attached hydrogen (secondary N) is 1. The van der Waals surface area contributed by atoms with Gasteiger partial charge in [-0.1, -0.05) is 0 Å². The highest BCUT2D eigenvalue weighted by molar-refractivity contribution is 7.15. The second-order valence-corrected chi connectivity index (χ2v) is 5.67. The van der Waals surface area contributed by atoms with Crippen LogP contribution in [-0.4, -0.2) is 41.6 Å². The molecule has 2 heterocycles. The minimum Gasteiger partial charge on any atom is -0.453 e. The Morgan fingerprint density at radius 2 is 2.21 bits per heavy atom. The second-order valence-electron chi connectivity index (χ2n) is 4.47. The van der Waals surface area contributed by atoms with Crippen LogP contribution in [0.1, 0.15) is 23.4 Å². The van der Waals surface area contributed by atoms with Gasteiger partial charge in [0.1, 0.15) is 6.04 Å². The molecular weight excluding hydrogens is 266 g/mol. The van der Waals surface area contributed by atoms with E-state index in [0.717, 1.165) is 17.0 Å². The van der Waals surface area contributed by atoms with Gasteiger partial charge in [-0.2, -0.15) is 0 Å². The van der Waals surface area contributed by atoms with Crippen molar-refractivity contribution in [3.63, 3.8) is 0 Å². The first-order valence-corrected chi connectivity index (χ1v) is 6.94. The topological polar surface area (TPSA) is 71.5 Å². The first kappa shape index (κ1) is 13.8. The predicted octanol–water partition coefficient (Wildman–Crippen LogP) is 1.93. The highest BCUT2D eigenvalue weighted by Crippen LogP contribution is 2.24. The van der Waals surface area contributed by atoms with Gasteiger partial charge in [-0.3, -0.25) is 9.69 Å². The molecule has 1 aliphatic rings. The van der Waals surface area contributed by atoms with E-state index < -0.39 is 12.1 Å². The maximum atomic E-state index is 12.2. The Hall–Kier alpha value is -1.63. The van der Waals surface area contributed by atoms with E-state index in [0.29, 0.717) is 18.1 Å². The summed E-state index contributed by atoms with van der Waals surface area (Å²) in [6.45, 7) is 4.41. The van der Waals surface area contributed by atoms with Crippen molar-refractivity contribution in [2.75, 3.05) is 19.0 Å². The summed E-state index contributed by atoms with van der Waals surface area (Å²) in [6.07, 6.45) is 1.01. The summed E-state index contributed by atoms with van der Waals surface area (Å²) in [5, 5.41) is 3.35. The maximum absolute atomic E-state index is 12.2. The van der Waals surface area contributed by atoms with Gasteiger partial charge in [0, 0.05) is 11.4 Å². The quantitative estimate of drug-likeness (QED) is 0.900. The maximum Gasteiger partial charge on any atom is 0.410 e. The molecule has 1 unspecified atom stereocenters. The lowest BCUT2D eigenvalue weighted by Gasteiger charge is -2.21.